The average molecular weight is 217 g/mol. The van der Waals surface area contributed by atoms with E-state index in [0.717, 1.165) is 16.9 Å². The molecule has 0 aliphatic rings. The van der Waals surface area contributed by atoms with Crippen LogP contribution >= 0.6 is 0 Å². The quantitative estimate of drug-likeness (QED) is 0.784. The molecule has 0 aliphatic carbocycles. The summed E-state index contributed by atoms with van der Waals surface area (Å²) in [5.74, 6) is 0. The van der Waals surface area contributed by atoms with Gasteiger partial charge in [-0.3, -0.25) is 9.48 Å². The van der Waals surface area contributed by atoms with Crippen LogP contribution in [0.4, 0.5) is 5.69 Å². The topological polar surface area (TPSA) is 52.9 Å². The van der Waals surface area contributed by atoms with Crippen molar-refractivity contribution in [3.8, 4) is 5.69 Å². The fourth-order valence-corrected chi connectivity index (χ4v) is 1.78. The molecule has 1 heterocycles. The lowest BCUT2D eigenvalue weighted by Gasteiger charge is -2.08. The Morgan fingerprint density at radius 3 is 2.44 bits per heavy atom. The zero-order chi connectivity index (χ0) is 11.9. The zero-order valence-corrected chi connectivity index (χ0v) is 9.69. The van der Waals surface area contributed by atoms with Gasteiger partial charge in [-0.15, -0.1) is 0 Å². The summed E-state index contributed by atoms with van der Waals surface area (Å²) < 4.78 is 3.35. The predicted octanol–water partition coefficient (Wildman–Crippen LogP) is 1.38. The first kappa shape index (κ1) is 10.5. The van der Waals surface area contributed by atoms with Gasteiger partial charge < -0.3 is 5.73 Å². The molecule has 2 aromatic rings. The summed E-state index contributed by atoms with van der Waals surface area (Å²) in [6.45, 7) is 3.83. The molecule has 0 radical (unpaired) electrons. The third-order valence-corrected chi connectivity index (χ3v) is 2.84. The number of nitrogen functional groups attached to an aromatic ring is 1. The Hall–Kier alpha value is -1.97. The molecule has 0 saturated heterocycles. The molecule has 4 nitrogen and oxygen atoms in total. The van der Waals surface area contributed by atoms with Crippen molar-refractivity contribution < 1.29 is 0 Å². The fraction of sp³-hybridized carbons (Fsp3) is 0.250. The highest BCUT2D eigenvalue weighted by molar-refractivity contribution is 5.45. The van der Waals surface area contributed by atoms with E-state index in [1.165, 1.54) is 0 Å². The van der Waals surface area contributed by atoms with Gasteiger partial charge in [-0.05, 0) is 31.5 Å². The molecule has 2 rings (SSSR count). The molecule has 0 unspecified atom stereocenters. The summed E-state index contributed by atoms with van der Waals surface area (Å²) in [4.78, 5) is 11.9. The number of rotatable bonds is 1. The Labute approximate surface area is 93.9 Å². The first-order valence-corrected chi connectivity index (χ1v) is 5.13. The van der Waals surface area contributed by atoms with Crippen LogP contribution in [0.2, 0.25) is 0 Å². The van der Waals surface area contributed by atoms with Crippen molar-refractivity contribution in [3.63, 3.8) is 0 Å². The predicted molar refractivity (Wildman–Crippen MR) is 64.9 cm³/mol. The molecule has 16 heavy (non-hydrogen) atoms. The van der Waals surface area contributed by atoms with E-state index in [2.05, 4.69) is 0 Å². The van der Waals surface area contributed by atoms with Crippen molar-refractivity contribution in [2.24, 2.45) is 7.05 Å². The molecule has 84 valence electrons. The SMILES string of the molecule is Cc1cccc(-n2c(=O)c(N)c(C)n2C)c1. The Kier molecular flexibility index (Phi) is 2.34. The van der Waals surface area contributed by atoms with E-state index < -0.39 is 0 Å². The minimum atomic E-state index is -0.161. The van der Waals surface area contributed by atoms with Crippen LogP contribution in [0.25, 0.3) is 5.69 Å². The highest BCUT2D eigenvalue weighted by Crippen LogP contribution is 2.12. The molecule has 0 amide bonds. The summed E-state index contributed by atoms with van der Waals surface area (Å²) in [5, 5.41) is 0. The molecule has 2 N–H and O–H groups in total. The fourth-order valence-electron chi connectivity index (χ4n) is 1.78. The van der Waals surface area contributed by atoms with Gasteiger partial charge in [0.15, 0.2) is 0 Å². The van der Waals surface area contributed by atoms with E-state index in [4.69, 9.17) is 5.73 Å². The van der Waals surface area contributed by atoms with Crippen molar-refractivity contribution in [3.05, 3.63) is 45.9 Å². The van der Waals surface area contributed by atoms with Crippen molar-refractivity contribution in [1.82, 2.24) is 9.36 Å². The van der Waals surface area contributed by atoms with Crippen LogP contribution in [0, 0.1) is 13.8 Å². The summed E-state index contributed by atoms with van der Waals surface area (Å²) in [6, 6.07) is 7.77. The van der Waals surface area contributed by atoms with Crippen molar-refractivity contribution in [1.29, 1.82) is 0 Å². The summed E-state index contributed by atoms with van der Waals surface area (Å²) in [5.41, 5.74) is 8.61. The number of nitrogens with zero attached hydrogens (tertiary/aromatic N) is 2. The first-order valence-electron chi connectivity index (χ1n) is 5.13. The van der Waals surface area contributed by atoms with Gasteiger partial charge in [0.2, 0.25) is 0 Å². The number of anilines is 1. The van der Waals surface area contributed by atoms with Gasteiger partial charge in [-0.1, -0.05) is 12.1 Å². The molecule has 0 atom stereocenters. The number of hydrogen-bond donors (Lipinski definition) is 1. The largest absolute Gasteiger partial charge is 0.393 e. The van der Waals surface area contributed by atoms with E-state index in [0.29, 0.717) is 5.69 Å². The average Bonchev–Trinajstić information content (AvgIpc) is 2.44. The molecule has 0 fully saturated rings. The second-order valence-electron chi connectivity index (χ2n) is 3.98. The number of hydrogen-bond acceptors (Lipinski definition) is 2. The summed E-state index contributed by atoms with van der Waals surface area (Å²) >= 11 is 0. The summed E-state index contributed by atoms with van der Waals surface area (Å²) in [7, 11) is 1.83. The van der Waals surface area contributed by atoms with Crippen LogP contribution in [-0.2, 0) is 7.05 Å². The Balaban J connectivity index is 2.75. The maximum atomic E-state index is 11.9. The Morgan fingerprint density at radius 2 is 1.94 bits per heavy atom. The van der Waals surface area contributed by atoms with Crippen molar-refractivity contribution >= 4 is 5.69 Å². The third-order valence-electron chi connectivity index (χ3n) is 2.84. The van der Waals surface area contributed by atoms with Gasteiger partial charge in [-0.2, -0.15) is 0 Å². The molecule has 0 aliphatic heterocycles. The van der Waals surface area contributed by atoms with E-state index in [1.807, 2.05) is 45.2 Å². The number of benzene rings is 1. The minimum absolute atomic E-state index is 0.161. The Bertz CT molecular complexity index is 593. The van der Waals surface area contributed by atoms with Gasteiger partial charge in [0.25, 0.3) is 5.56 Å². The van der Waals surface area contributed by atoms with Crippen LogP contribution in [0.15, 0.2) is 29.1 Å². The number of aryl methyl sites for hydroxylation is 1. The van der Waals surface area contributed by atoms with Gasteiger partial charge in [0.1, 0.15) is 5.69 Å². The molecule has 1 aromatic carbocycles. The highest BCUT2D eigenvalue weighted by atomic mass is 16.1. The van der Waals surface area contributed by atoms with E-state index in [9.17, 15) is 4.79 Å². The molecule has 0 spiro atoms. The van der Waals surface area contributed by atoms with Crippen LogP contribution in [0.3, 0.4) is 0 Å². The first-order chi connectivity index (χ1) is 7.52. The summed E-state index contributed by atoms with van der Waals surface area (Å²) in [6.07, 6.45) is 0. The van der Waals surface area contributed by atoms with Gasteiger partial charge in [0, 0.05) is 7.05 Å². The van der Waals surface area contributed by atoms with E-state index in [1.54, 1.807) is 9.36 Å². The highest BCUT2D eigenvalue weighted by Gasteiger charge is 2.12. The second-order valence-corrected chi connectivity index (χ2v) is 3.98. The zero-order valence-electron chi connectivity index (χ0n) is 9.69. The maximum absolute atomic E-state index is 11.9. The molecular weight excluding hydrogens is 202 g/mol. The number of aromatic nitrogens is 2. The Morgan fingerprint density at radius 1 is 1.25 bits per heavy atom. The lowest BCUT2D eigenvalue weighted by atomic mass is 10.2. The lowest BCUT2D eigenvalue weighted by molar-refractivity contribution is 0.629. The van der Waals surface area contributed by atoms with E-state index in [-0.39, 0.29) is 5.56 Å². The van der Waals surface area contributed by atoms with Gasteiger partial charge in [0.05, 0.1) is 11.4 Å². The van der Waals surface area contributed by atoms with Crippen molar-refractivity contribution in [2.75, 3.05) is 5.73 Å². The molecular formula is C12H15N3O. The molecule has 1 aromatic heterocycles. The monoisotopic (exact) mass is 217 g/mol. The minimum Gasteiger partial charge on any atom is -0.393 e. The lowest BCUT2D eigenvalue weighted by Crippen LogP contribution is -2.20. The molecule has 0 saturated carbocycles. The molecule has 0 bridgehead atoms. The normalized spacial score (nSPS) is 10.7. The van der Waals surface area contributed by atoms with Crippen LogP contribution in [-0.4, -0.2) is 9.36 Å². The van der Waals surface area contributed by atoms with E-state index >= 15 is 0 Å². The van der Waals surface area contributed by atoms with Crippen LogP contribution < -0.4 is 11.3 Å². The maximum Gasteiger partial charge on any atom is 0.294 e. The van der Waals surface area contributed by atoms with Gasteiger partial charge in [-0.25, -0.2) is 4.68 Å². The molecule has 4 heteroatoms. The second kappa shape index (κ2) is 3.56. The smallest absolute Gasteiger partial charge is 0.294 e. The van der Waals surface area contributed by atoms with Gasteiger partial charge >= 0.3 is 0 Å². The number of nitrogens with two attached hydrogens (primary N) is 1. The third kappa shape index (κ3) is 1.43. The van der Waals surface area contributed by atoms with Crippen LogP contribution in [0.1, 0.15) is 11.3 Å². The van der Waals surface area contributed by atoms with Crippen LogP contribution in [0.5, 0.6) is 0 Å². The van der Waals surface area contributed by atoms with Crippen molar-refractivity contribution in [2.45, 2.75) is 13.8 Å². The standard InChI is InChI=1S/C12H15N3O/c1-8-5-4-6-10(7-8)15-12(16)11(13)9(2)14(15)3/h4-7H,13H2,1-3H3.